The predicted molar refractivity (Wildman–Crippen MR) is 38.8 cm³/mol. The fraction of sp³-hybridized carbons (Fsp3) is 0.500. The zero-order valence-electron chi connectivity index (χ0n) is 5.78. The molecule has 0 saturated carbocycles. The first-order valence-corrected chi connectivity index (χ1v) is 2.93. The number of hydrogen-bond donors (Lipinski definition) is 0. The van der Waals surface area contributed by atoms with Crippen molar-refractivity contribution in [3.05, 3.63) is 24.8 Å². The van der Waals surface area contributed by atoms with Crippen LogP contribution in [0.1, 0.15) is 20.3 Å². The molecule has 0 heteroatoms. The van der Waals surface area contributed by atoms with Crippen LogP contribution in [0.15, 0.2) is 24.8 Å². The molecule has 1 atom stereocenters. The van der Waals surface area contributed by atoms with Gasteiger partial charge in [0.1, 0.15) is 0 Å². The molecule has 0 bridgehead atoms. The quantitative estimate of drug-likeness (QED) is 0.490. The Kier molecular flexibility index (Phi) is 3.25. The normalized spacial score (nSPS) is 12.8. The fourth-order valence-electron chi connectivity index (χ4n) is 0.633. The van der Waals surface area contributed by atoms with Gasteiger partial charge in [-0.05, 0) is 19.3 Å². The lowest BCUT2D eigenvalue weighted by Gasteiger charge is -2.01. The van der Waals surface area contributed by atoms with Gasteiger partial charge in [-0.25, -0.2) is 0 Å². The summed E-state index contributed by atoms with van der Waals surface area (Å²) in [6, 6.07) is 0. The molecule has 0 aliphatic heterocycles. The maximum atomic E-state index is 3.80. The monoisotopic (exact) mass is 110 g/mol. The highest BCUT2D eigenvalue weighted by Gasteiger charge is 1.93. The lowest BCUT2D eigenvalue weighted by Crippen LogP contribution is -1.87. The van der Waals surface area contributed by atoms with Crippen LogP contribution in [0.5, 0.6) is 0 Å². The fourth-order valence-corrected chi connectivity index (χ4v) is 0.633. The molecular formula is C8H14. The summed E-state index contributed by atoms with van der Waals surface area (Å²) in [5, 5.41) is 0. The SMILES string of the molecule is C=CC(C)CC(=C)C. The van der Waals surface area contributed by atoms with E-state index >= 15 is 0 Å². The molecular weight excluding hydrogens is 96.1 g/mol. The highest BCUT2D eigenvalue weighted by Crippen LogP contribution is 2.08. The first-order valence-electron chi connectivity index (χ1n) is 2.93. The van der Waals surface area contributed by atoms with Crippen molar-refractivity contribution in [2.75, 3.05) is 0 Å². The summed E-state index contributed by atoms with van der Waals surface area (Å²) in [4.78, 5) is 0. The molecule has 8 heavy (non-hydrogen) atoms. The van der Waals surface area contributed by atoms with E-state index in [1.807, 2.05) is 13.0 Å². The average molecular weight is 110 g/mol. The van der Waals surface area contributed by atoms with Gasteiger partial charge in [0.05, 0.1) is 0 Å². The van der Waals surface area contributed by atoms with E-state index in [0.717, 1.165) is 6.42 Å². The van der Waals surface area contributed by atoms with Crippen molar-refractivity contribution in [2.45, 2.75) is 20.3 Å². The lowest BCUT2D eigenvalue weighted by molar-refractivity contribution is 0.720. The van der Waals surface area contributed by atoms with Crippen molar-refractivity contribution in [1.82, 2.24) is 0 Å². The molecule has 0 N–H and O–H groups in total. The molecule has 0 aromatic heterocycles. The summed E-state index contributed by atoms with van der Waals surface area (Å²) in [7, 11) is 0. The Hall–Kier alpha value is -0.520. The minimum atomic E-state index is 0.590. The Morgan fingerprint density at radius 3 is 2.38 bits per heavy atom. The topological polar surface area (TPSA) is 0 Å². The van der Waals surface area contributed by atoms with E-state index in [-0.39, 0.29) is 0 Å². The molecule has 0 aliphatic rings. The zero-order valence-corrected chi connectivity index (χ0v) is 5.78. The van der Waals surface area contributed by atoms with Crippen LogP contribution in [0.2, 0.25) is 0 Å². The number of hydrogen-bond acceptors (Lipinski definition) is 0. The van der Waals surface area contributed by atoms with Gasteiger partial charge in [-0.1, -0.05) is 18.6 Å². The summed E-state index contributed by atoms with van der Waals surface area (Å²) in [6.07, 6.45) is 3.03. The lowest BCUT2D eigenvalue weighted by atomic mass is 10.0. The van der Waals surface area contributed by atoms with Crippen LogP contribution in [-0.4, -0.2) is 0 Å². The van der Waals surface area contributed by atoms with E-state index in [9.17, 15) is 0 Å². The second kappa shape index (κ2) is 3.48. The molecule has 0 heterocycles. The van der Waals surface area contributed by atoms with Crippen LogP contribution < -0.4 is 0 Å². The third-order valence-corrected chi connectivity index (χ3v) is 1.07. The molecule has 0 fully saturated rings. The molecule has 0 rings (SSSR count). The molecule has 0 saturated heterocycles. The second-order valence-electron chi connectivity index (χ2n) is 2.37. The van der Waals surface area contributed by atoms with E-state index in [1.54, 1.807) is 0 Å². The van der Waals surface area contributed by atoms with Crippen molar-refractivity contribution in [3.63, 3.8) is 0 Å². The van der Waals surface area contributed by atoms with E-state index in [2.05, 4.69) is 20.1 Å². The molecule has 0 aromatic rings. The zero-order chi connectivity index (χ0) is 6.57. The molecule has 46 valence electrons. The maximum Gasteiger partial charge on any atom is -0.0228 e. The van der Waals surface area contributed by atoms with Crippen molar-refractivity contribution >= 4 is 0 Å². The number of allylic oxidation sites excluding steroid dienone is 2. The Balaban J connectivity index is 3.38. The van der Waals surface area contributed by atoms with Gasteiger partial charge >= 0.3 is 0 Å². The van der Waals surface area contributed by atoms with Crippen LogP contribution in [0.25, 0.3) is 0 Å². The third kappa shape index (κ3) is 3.66. The van der Waals surface area contributed by atoms with E-state index in [1.165, 1.54) is 5.57 Å². The first-order chi connectivity index (χ1) is 3.66. The van der Waals surface area contributed by atoms with E-state index in [4.69, 9.17) is 0 Å². The van der Waals surface area contributed by atoms with Gasteiger partial charge < -0.3 is 0 Å². The van der Waals surface area contributed by atoms with Crippen molar-refractivity contribution in [3.8, 4) is 0 Å². The maximum absolute atomic E-state index is 3.80. The van der Waals surface area contributed by atoms with Crippen molar-refractivity contribution < 1.29 is 0 Å². The number of rotatable bonds is 3. The highest BCUT2D eigenvalue weighted by molar-refractivity contribution is 4.93. The van der Waals surface area contributed by atoms with Gasteiger partial charge in [0.25, 0.3) is 0 Å². The van der Waals surface area contributed by atoms with Gasteiger partial charge in [0.15, 0.2) is 0 Å². The van der Waals surface area contributed by atoms with Crippen LogP contribution in [0.3, 0.4) is 0 Å². The van der Waals surface area contributed by atoms with Gasteiger partial charge in [-0.15, -0.1) is 13.2 Å². The van der Waals surface area contributed by atoms with Crippen LogP contribution in [0, 0.1) is 5.92 Å². The smallest absolute Gasteiger partial charge is 0.0228 e. The summed E-state index contributed by atoms with van der Waals surface area (Å²) in [5.74, 6) is 0.590. The van der Waals surface area contributed by atoms with Crippen LogP contribution in [-0.2, 0) is 0 Å². The molecule has 0 spiro atoms. The summed E-state index contributed by atoms with van der Waals surface area (Å²) in [5.41, 5.74) is 1.23. The van der Waals surface area contributed by atoms with Crippen LogP contribution in [0.4, 0.5) is 0 Å². The molecule has 0 aliphatic carbocycles. The predicted octanol–water partition coefficient (Wildman–Crippen LogP) is 2.77. The minimum Gasteiger partial charge on any atom is -0.103 e. The Labute approximate surface area is 51.9 Å². The molecule has 0 amide bonds. The largest absolute Gasteiger partial charge is 0.103 e. The molecule has 0 radical (unpaired) electrons. The van der Waals surface area contributed by atoms with Crippen molar-refractivity contribution in [1.29, 1.82) is 0 Å². The van der Waals surface area contributed by atoms with E-state index < -0.39 is 0 Å². The summed E-state index contributed by atoms with van der Waals surface area (Å²) < 4.78 is 0. The molecule has 0 aromatic carbocycles. The van der Waals surface area contributed by atoms with Gasteiger partial charge in [0, 0.05) is 0 Å². The van der Waals surface area contributed by atoms with Crippen molar-refractivity contribution in [2.24, 2.45) is 5.92 Å². The van der Waals surface area contributed by atoms with Gasteiger partial charge in [-0.3, -0.25) is 0 Å². The third-order valence-electron chi connectivity index (χ3n) is 1.07. The highest BCUT2D eigenvalue weighted by atomic mass is 14.0. The van der Waals surface area contributed by atoms with Gasteiger partial charge in [-0.2, -0.15) is 0 Å². The Morgan fingerprint density at radius 2 is 2.25 bits per heavy atom. The summed E-state index contributed by atoms with van der Waals surface area (Å²) >= 11 is 0. The first kappa shape index (κ1) is 7.48. The van der Waals surface area contributed by atoms with Gasteiger partial charge in [0.2, 0.25) is 0 Å². The van der Waals surface area contributed by atoms with Crippen LogP contribution >= 0.6 is 0 Å². The minimum absolute atomic E-state index is 0.590. The second-order valence-corrected chi connectivity index (χ2v) is 2.37. The van der Waals surface area contributed by atoms with E-state index in [0.29, 0.717) is 5.92 Å². The molecule has 0 nitrogen and oxygen atoms in total. The molecule has 1 unspecified atom stereocenters. The Bertz CT molecular complexity index is 90.2. The summed E-state index contributed by atoms with van der Waals surface area (Å²) in [6.45, 7) is 11.7. The standard InChI is InChI=1S/C8H14/c1-5-8(4)6-7(2)3/h5,8H,1-2,6H2,3-4H3. The average Bonchev–Trinajstić information content (AvgIpc) is 1.65. The Morgan fingerprint density at radius 1 is 1.75 bits per heavy atom.